The number of hydrogen-bond acceptors (Lipinski definition) is 5. The molecule has 1 fully saturated rings. The van der Waals surface area contributed by atoms with Crippen molar-refractivity contribution in [2.24, 2.45) is 7.05 Å². The Balaban J connectivity index is 1.65. The van der Waals surface area contributed by atoms with E-state index in [0.717, 1.165) is 37.6 Å². The molecule has 1 aliphatic heterocycles. The number of nitrogens with zero attached hydrogens (tertiary/aromatic N) is 4. The van der Waals surface area contributed by atoms with Crippen LogP contribution in [0.3, 0.4) is 0 Å². The number of likely N-dealkylation sites (tertiary alicyclic amines) is 1. The molecular formula is C17H26N4O2. The van der Waals surface area contributed by atoms with Gasteiger partial charge in [0.1, 0.15) is 23.5 Å². The molecule has 6 nitrogen and oxygen atoms in total. The summed E-state index contributed by atoms with van der Waals surface area (Å²) in [5.74, 6) is 3.04. The van der Waals surface area contributed by atoms with Crippen LogP contribution in [-0.4, -0.2) is 37.4 Å². The highest BCUT2D eigenvalue weighted by Crippen LogP contribution is 2.28. The Bertz CT molecular complexity index is 621. The van der Waals surface area contributed by atoms with Crippen molar-refractivity contribution < 1.29 is 9.52 Å². The van der Waals surface area contributed by atoms with Crippen molar-refractivity contribution in [3.05, 3.63) is 35.8 Å². The third kappa shape index (κ3) is 3.48. The van der Waals surface area contributed by atoms with Crippen LogP contribution in [0, 0.1) is 0 Å². The van der Waals surface area contributed by atoms with E-state index in [-0.39, 0.29) is 0 Å². The lowest BCUT2D eigenvalue weighted by Crippen LogP contribution is -2.31. The van der Waals surface area contributed by atoms with Crippen molar-refractivity contribution >= 4 is 0 Å². The highest BCUT2D eigenvalue weighted by atomic mass is 16.4. The van der Waals surface area contributed by atoms with Gasteiger partial charge >= 0.3 is 0 Å². The van der Waals surface area contributed by atoms with Crippen LogP contribution in [0.25, 0.3) is 0 Å². The van der Waals surface area contributed by atoms with E-state index in [0.29, 0.717) is 24.1 Å². The van der Waals surface area contributed by atoms with E-state index in [9.17, 15) is 5.11 Å². The molecule has 23 heavy (non-hydrogen) atoms. The zero-order chi connectivity index (χ0) is 16.4. The molecule has 0 aliphatic carbocycles. The van der Waals surface area contributed by atoms with Crippen LogP contribution < -0.4 is 0 Å². The van der Waals surface area contributed by atoms with E-state index in [2.05, 4.69) is 33.5 Å². The molecule has 6 heteroatoms. The Hall–Kier alpha value is -1.66. The van der Waals surface area contributed by atoms with E-state index >= 15 is 0 Å². The highest BCUT2D eigenvalue weighted by molar-refractivity contribution is 5.04. The molecule has 126 valence electrons. The molecule has 0 aromatic carbocycles. The summed E-state index contributed by atoms with van der Waals surface area (Å²) >= 11 is 0. The van der Waals surface area contributed by atoms with Gasteiger partial charge in [-0.2, -0.15) is 0 Å². The van der Waals surface area contributed by atoms with Crippen molar-refractivity contribution in [2.75, 3.05) is 6.54 Å². The largest absolute Gasteiger partial charge is 0.467 e. The number of hydrogen-bond donors (Lipinski definition) is 1. The third-order valence-corrected chi connectivity index (χ3v) is 4.73. The SMILES string of the molecule is CC(C)c1nnc(CN2CCCC2CC(O)c2ccco2)n1C. The van der Waals surface area contributed by atoms with Crippen LogP contribution in [0.15, 0.2) is 22.8 Å². The number of aliphatic hydroxyl groups is 1. The van der Waals surface area contributed by atoms with Gasteiger partial charge in [0.05, 0.1) is 12.8 Å². The summed E-state index contributed by atoms with van der Waals surface area (Å²) in [6.45, 7) is 6.09. The van der Waals surface area contributed by atoms with Gasteiger partial charge in [-0.1, -0.05) is 13.8 Å². The van der Waals surface area contributed by atoms with Gasteiger partial charge < -0.3 is 14.1 Å². The molecule has 2 aromatic rings. The molecule has 2 aromatic heterocycles. The van der Waals surface area contributed by atoms with Gasteiger partial charge in [-0.05, 0) is 37.9 Å². The topological polar surface area (TPSA) is 67.3 Å². The van der Waals surface area contributed by atoms with Crippen molar-refractivity contribution in [1.29, 1.82) is 0 Å². The number of furan rings is 1. The second-order valence-electron chi connectivity index (χ2n) is 6.72. The molecule has 1 aliphatic rings. The van der Waals surface area contributed by atoms with Crippen LogP contribution in [0.2, 0.25) is 0 Å². The van der Waals surface area contributed by atoms with E-state index in [1.807, 2.05) is 19.2 Å². The Morgan fingerprint density at radius 3 is 2.87 bits per heavy atom. The van der Waals surface area contributed by atoms with Crippen molar-refractivity contribution in [3.8, 4) is 0 Å². The molecule has 2 atom stereocenters. The minimum atomic E-state index is -0.540. The first-order valence-corrected chi connectivity index (χ1v) is 8.40. The van der Waals surface area contributed by atoms with Gasteiger partial charge in [0.25, 0.3) is 0 Å². The zero-order valence-corrected chi connectivity index (χ0v) is 14.1. The molecular weight excluding hydrogens is 292 g/mol. The second kappa shape index (κ2) is 6.84. The Kier molecular flexibility index (Phi) is 4.82. The summed E-state index contributed by atoms with van der Waals surface area (Å²) in [7, 11) is 2.04. The predicted octanol–water partition coefficient (Wildman–Crippen LogP) is 2.62. The van der Waals surface area contributed by atoms with Gasteiger partial charge in [-0.3, -0.25) is 4.90 Å². The van der Waals surface area contributed by atoms with Crippen LogP contribution in [0.4, 0.5) is 0 Å². The quantitative estimate of drug-likeness (QED) is 0.887. The van der Waals surface area contributed by atoms with Crippen molar-refractivity contribution in [1.82, 2.24) is 19.7 Å². The van der Waals surface area contributed by atoms with Crippen molar-refractivity contribution in [3.63, 3.8) is 0 Å². The average molecular weight is 318 g/mol. The fourth-order valence-corrected chi connectivity index (χ4v) is 3.42. The van der Waals surface area contributed by atoms with Crippen LogP contribution >= 0.6 is 0 Å². The van der Waals surface area contributed by atoms with E-state index in [1.165, 1.54) is 0 Å². The molecule has 2 unspecified atom stereocenters. The Morgan fingerprint density at radius 2 is 2.22 bits per heavy atom. The minimum Gasteiger partial charge on any atom is -0.467 e. The first-order chi connectivity index (χ1) is 11.1. The summed E-state index contributed by atoms with van der Waals surface area (Å²) in [6, 6.07) is 4.01. The molecule has 0 spiro atoms. The van der Waals surface area contributed by atoms with Crippen molar-refractivity contribution in [2.45, 2.75) is 57.7 Å². The highest BCUT2D eigenvalue weighted by Gasteiger charge is 2.29. The van der Waals surface area contributed by atoms with Crippen LogP contribution in [-0.2, 0) is 13.6 Å². The molecule has 0 bridgehead atoms. The summed E-state index contributed by atoms with van der Waals surface area (Å²) in [4.78, 5) is 2.40. The Labute approximate surface area is 137 Å². The van der Waals surface area contributed by atoms with Gasteiger partial charge in [0.15, 0.2) is 0 Å². The average Bonchev–Trinajstić information content (AvgIpc) is 3.22. The monoisotopic (exact) mass is 318 g/mol. The number of aromatic nitrogens is 3. The van der Waals surface area contributed by atoms with Gasteiger partial charge in [0, 0.05) is 19.0 Å². The first kappa shape index (κ1) is 16.2. The fraction of sp³-hybridized carbons (Fsp3) is 0.647. The summed E-state index contributed by atoms with van der Waals surface area (Å²) < 4.78 is 7.41. The lowest BCUT2D eigenvalue weighted by atomic mass is 10.1. The summed E-state index contributed by atoms with van der Waals surface area (Å²) in [5, 5.41) is 19.0. The maximum Gasteiger partial charge on any atom is 0.146 e. The van der Waals surface area contributed by atoms with E-state index in [4.69, 9.17) is 4.42 Å². The lowest BCUT2D eigenvalue weighted by molar-refractivity contribution is 0.0983. The Morgan fingerprint density at radius 1 is 1.39 bits per heavy atom. The maximum absolute atomic E-state index is 10.3. The summed E-state index contributed by atoms with van der Waals surface area (Å²) in [6.07, 6.45) is 4.03. The maximum atomic E-state index is 10.3. The molecule has 0 amide bonds. The first-order valence-electron chi connectivity index (χ1n) is 8.40. The minimum absolute atomic E-state index is 0.356. The van der Waals surface area contributed by atoms with E-state index < -0.39 is 6.10 Å². The fourth-order valence-electron chi connectivity index (χ4n) is 3.42. The molecule has 1 N–H and O–H groups in total. The molecule has 0 saturated carbocycles. The van der Waals surface area contributed by atoms with Crippen LogP contribution in [0.5, 0.6) is 0 Å². The number of rotatable bonds is 6. The van der Waals surface area contributed by atoms with Gasteiger partial charge in [-0.15, -0.1) is 10.2 Å². The van der Waals surface area contributed by atoms with Gasteiger partial charge in [-0.25, -0.2) is 0 Å². The molecule has 1 saturated heterocycles. The van der Waals surface area contributed by atoms with Crippen LogP contribution in [0.1, 0.15) is 62.5 Å². The third-order valence-electron chi connectivity index (χ3n) is 4.73. The normalized spacial score (nSPS) is 20.5. The van der Waals surface area contributed by atoms with Gasteiger partial charge in [0.2, 0.25) is 0 Å². The molecule has 0 radical (unpaired) electrons. The second-order valence-corrected chi connectivity index (χ2v) is 6.72. The number of aliphatic hydroxyl groups excluding tert-OH is 1. The lowest BCUT2D eigenvalue weighted by Gasteiger charge is -2.25. The molecule has 3 rings (SSSR count). The molecule has 3 heterocycles. The standard InChI is InChI=1S/C17H26N4O2/c1-12(2)17-19-18-16(20(17)3)11-21-8-4-6-13(21)10-14(22)15-7-5-9-23-15/h5,7,9,12-14,22H,4,6,8,10-11H2,1-3H3. The van der Waals surface area contributed by atoms with E-state index in [1.54, 1.807) is 6.26 Å². The smallest absolute Gasteiger partial charge is 0.146 e. The summed E-state index contributed by atoms with van der Waals surface area (Å²) in [5.41, 5.74) is 0. The predicted molar refractivity (Wildman–Crippen MR) is 86.8 cm³/mol. The zero-order valence-electron chi connectivity index (χ0n) is 14.1.